The molecule has 0 bridgehead atoms. The van der Waals surface area contributed by atoms with Crippen LogP contribution >= 0.6 is 0 Å². The second kappa shape index (κ2) is 10.1. The maximum atomic E-state index is 11.4. The number of ether oxygens (including phenoxy) is 4. The Bertz CT molecular complexity index is 1220. The minimum atomic E-state index is -0.370. The van der Waals surface area contributed by atoms with Gasteiger partial charge in [-0.25, -0.2) is 0 Å². The molecule has 3 aromatic carbocycles. The molecule has 5 rings (SSSR count). The van der Waals surface area contributed by atoms with E-state index in [0.717, 1.165) is 29.2 Å². The number of rotatable bonds is 8. The van der Waals surface area contributed by atoms with E-state index in [1.165, 1.54) is 12.5 Å². The summed E-state index contributed by atoms with van der Waals surface area (Å²) in [6.07, 6.45) is 5.53. The van der Waals surface area contributed by atoms with Gasteiger partial charge in [0.1, 0.15) is 24.7 Å². The summed E-state index contributed by atoms with van der Waals surface area (Å²) in [7, 11) is 1.59. The van der Waals surface area contributed by atoms with E-state index >= 15 is 0 Å². The third-order valence-corrected chi connectivity index (χ3v) is 6.50. The summed E-state index contributed by atoms with van der Waals surface area (Å²) >= 11 is 0. The zero-order chi connectivity index (χ0) is 24.2. The number of carbonyl (C=O) groups excluding carboxylic acids is 1. The minimum Gasteiger partial charge on any atom is -0.493 e. The lowest BCUT2D eigenvalue weighted by Gasteiger charge is -2.37. The Labute approximate surface area is 205 Å². The first-order valence-electron chi connectivity index (χ1n) is 11.9. The largest absolute Gasteiger partial charge is 0.493 e. The maximum absolute atomic E-state index is 11.4. The van der Waals surface area contributed by atoms with Crippen LogP contribution in [0.15, 0.2) is 78.9 Å². The number of carbonyl (C=O) groups is 1. The van der Waals surface area contributed by atoms with Crippen molar-refractivity contribution < 1.29 is 23.7 Å². The highest BCUT2D eigenvalue weighted by atomic mass is 16.6. The molecule has 6 heteroatoms. The van der Waals surface area contributed by atoms with Crippen LogP contribution in [0.25, 0.3) is 0 Å². The van der Waals surface area contributed by atoms with Gasteiger partial charge in [-0.2, -0.15) is 0 Å². The van der Waals surface area contributed by atoms with Gasteiger partial charge in [0.25, 0.3) is 0 Å². The van der Waals surface area contributed by atoms with E-state index in [-0.39, 0.29) is 12.0 Å². The van der Waals surface area contributed by atoms with Crippen LogP contribution in [-0.4, -0.2) is 26.3 Å². The van der Waals surface area contributed by atoms with Crippen molar-refractivity contribution in [2.45, 2.75) is 25.3 Å². The number of anilines is 1. The molecule has 1 N–H and O–H groups in total. The van der Waals surface area contributed by atoms with Crippen molar-refractivity contribution in [2.24, 2.45) is 5.92 Å². The molecule has 3 atom stereocenters. The number of allylic oxidation sites excluding steroid dienone is 2. The fourth-order valence-corrected chi connectivity index (χ4v) is 4.94. The fraction of sp³-hybridized carbons (Fsp3) is 0.276. The highest BCUT2D eigenvalue weighted by Gasteiger charge is 2.38. The lowest BCUT2D eigenvalue weighted by Crippen LogP contribution is -2.29. The monoisotopic (exact) mass is 471 g/mol. The van der Waals surface area contributed by atoms with E-state index < -0.39 is 0 Å². The van der Waals surface area contributed by atoms with Gasteiger partial charge < -0.3 is 24.3 Å². The summed E-state index contributed by atoms with van der Waals surface area (Å²) < 4.78 is 22.5. The van der Waals surface area contributed by atoms with Crippen LogP contribution in [-0.2, 0) is 4.79 Å². The van der Waals surface area contributed by atoms with E-state index in [1.807, 2.05) is 48.5 Å². The van der Waals surface area contributed by atoms with Crippen LogP contribution in [0, 0.1) is 5.92 Å². The number of nitrogens with one attached hydrogen (secondary N) is 1. The molecule has 3 unspecified atom stereocenters. The number of methoxy groups -OCH3 is 1. The molecular formula is C29H29NO5. The van der Waals surface area contributed by atoms with Crippen molar-refractivity contribution in [1.82, 2.24) is 0 Å². The number of para-hydroxylation sites is 1. The molecule has 0 amide bonds. The van der Waals surface area contributed by atoms with Gasteiger partial charge in [0.15, 0.2) is 11.5 Å². The Balaban J connectivity index is 1.31. The van der Waals surface area contributed by atoms with Crippen LogP contribution in [0.2, 0.25) is 0 Å². The SMILES string of the molecule is COc1cc(C2Nc3ccc(OCCOc4ccccc4)cc3C3C=CCC32)ccc1OC(C)=O. The summed E-state index contributed by atoms with van der Waals surface area (Å²) in [5, 5.41) is 3.73. The minimum absolute atomic E-state index is 0.105. The number of fused-ring (bicyclic) bond motifs is 3. The molecule has 1 heterocycles. The van der Waals surface area contributed by atoms with Crippen molar-refractivity contribution in [3.05, 3.63) is 90.0 Å². The van der Waals surface area contributed by atoms with Gasteiger partial charge >= 0.3 is 5.97 Å². The van der Waals surface area contributed by atoms with E-state index in [1.54, 1.807) is 13.2 Å². The lowest BCUT2D eigenvalue weighted by molar-refractivity contribution is -0.132. The van der Waals surface area contributed by atoms with Gasteiger partial charge in [-0.1, -0.05) is 36.4 Å². The summed E-state index contributed by atoms with van der Waals surface area (Å²) in [5.74, 6) is 2.95. The number of hydrogen-bond acceptors (Lipinski definition) is 6. The molecule has 0 spiro atoms. The van der Waals surface area contributed by atoms with E-state index in [0.29, 0.717) is 36.5 Å². The third-order valence-electron chi connectivity index (χ3n) is 6.50. The fourth-order valence-electron chi connectivity index (χ4n) is 4.94. The smallest absolute Gasteiger partial charge is 0.308 e. The Morgan fingerprint density at radius 2 is 1.74 bits per heavy atom. The lowest BCUT2D eigenvalue weighted by atomic mass is 9.77. The van der Waals surface area contributed by atoms with Gasteiger partial charge in [-0.15, -0.1) is 0 Å². The summed E-state index contributed by atoms with van der Waals surface area (Å²) in [6, 6.07) is 21.8. The van der Waals surface area contributed by atoms with Crippen LogP contribution in [0.1, 0.15) is 36.4 Å². The van der Waals surface area contributed by atoms with Crippen molar-refractivity contribution in [1.29, 1.82) is 0 Å². The normalized spacial score (nSPS) is 19.8. The molecule has 35 heavy (non-hydrogen) atoms. The van der Waals surface area contributed by atoms with Gasteiger partial charge in [0.2, 0.25) is 0 Å². The topological polar surface area (TPSA) is 66.0 Å². The van der Waals surface area contributed by atoms with E-state index in [9.17, 15) is 4.79 Å². The molecule has 0 radical (unpaired) electrons. The predicted octanol–water partition coefficient (Wildman–Crippen LogP) is 5.90. The van der Waals surface area contributed by atoms with Crippen molar-refractivity contribution >= 4 is 11.7 Å². The first-order chi connectivity index (χ1) is 17.1. The molecule has 3 aromatic rings. The quantitative estimate of drug-likeness (QED) is 0.191. The van der Waals surface area contributed by atoms with Crippen LogP contribution in [0.4, 0.5) is 5.69 Å². The first-order valence-corrected chi connectivity index (χ1v) is 11.9. The summed E-state index contributed by atoms with van der Waals surface area (Å²) in [4.78, 5) is 11.4. The van der Waals surface area contributed by atoms with E-state index in [2.05, 4.69) is 29.6 Å². The third kappa shape index (κ3) is 4.97. The van der Waals surface area contributed by atoms with Gasteiger partial charge in [-0.05, 0) is 65.9 Å². The summed E-state index contributed by atoms with van der Waals surface area (Å²) in [5.41, 5.74) is 3.43. The van der Waals surface area contributed by atoms with Gasteiger partial charge in [-0.3, -0.25) is 4.79 Å². The molecule has 180 valence electrons. The first kappa shape index (κ1) is 22.8. The van der Waals surface area contributed by atoms with Crippen LogP contribution in [0.3, 0.4) is 0 Å². The van der Waals surface area contributed by atoms with Crippen molar-refractivity contribution in [2.75, 3.05) is 25.6 Å². The standard InChI is InChI=1S/C29H29NO5/c1-19(31)35-27-14-11-20(17-28(27)32-2)29-24-10-6-9-23(24)25-18-22(12-13-26(25)30-29)34-16-15-33-21-7-4-3-5-8-21/h3-9,11-14,17-18,23-24,29-30H,10,15-16H2,1-2H3. The Hall–Kier alpha value is -3.93. The van der Waals surface area contributed by atoms with Gasteiger partial charge in [0.05, 0.1) is 13.2 Å². The second-order valence-corrected chi connectivity index (χ2v) is 8.74. The number of esters is 1. The second-order valence-electron chi connectivity index (χ2n) is 8.74. The predicted molar refractivity (Wildman–Crippen MR) is 135 cm³/mol. The molecule has 0 aromatic heterocycles. The molecule has 0 saturated carbocycles. The zero-order valence-electron chi connectivity index (χ0n) is 19.9. The average Bonchev–Trinajstić information content (AvgIpc) is 3.37. The zero-order valence-corrected chi connectivity index (χ0v) is 19.9. The van der Waals surface area contributed by atoms with E-state index in [4.69, 9.17) is 18.9 Å². The Kier molecular flexibility index (Phi) is 6.62. The number of hydrogen-bond donors (Lipinski definition) is 1. The molecule has 1 aliphatic heterocycles. The summed E-state index contributed by atoms with van der Waals surface area (Å²) in [6.45, 7) is 2.34. The van der Waals surface area contributed by atoms with Crippen molar-refractivity contribution in [3.8, 4) is 23.0 Å². The molecule has 1 aliphatic carbocycles. The average molecular weight is 472 g/mol. The molecular weight excluding hydrogens is 442 g/mol. The molecule has 0 saturated heterocycles. The van der Waals surface area contributed by atoms with Crippen LogP contribution < -0.4 is 24.3 Å². The molecule has 0 fully saturated rings. The van der Waals surface area contributed by atoms with Crippen molar-refractivity contribution in [3.63, 3.8) is 0 Å². The molecule has 6 nitrogen and oxygen atoms in total. The highest BCUT2D eigenvalue weighted by Crippen LogP contribution is 2.51. The number of benzene rings is 3. The Morgan fingerprint density at radius 3 is 2.51 bits per heavy atom. The molecule has 2 aliphatic rings. The Morgan fingerprint density at radius 1 is 0.943 bits per heavy atom. The maximum Gasteiger partial charge on any atom is 0.308 e. The van der Waals surface area contributed by atoms with Crippen LogP contribution in [0.5, 0.6) is 23.0 Å². The highest BCUT2D eigenvalue weighted by molar-refractivity contribution is 5.70. The van der Waals surface area contributed by atoms with Gasteiger partial charge in [0, 0.05) is 18.5 Å².